The van der Waals surface area contributed by atoms with E-state index in [1.165, 1.54) is 18.0 Å². The number of rotatable bonds is 6. The number of furan rings is 1. The van der Waals surface area contributed by atoms with Crippen LogP contribution in [0, 0.1) is 6.92 Å². The van der Waals surface area contributed by atoms with Gasteiger partial charge in [-0.15, -0.1) is 0 Å². The van der Waals surface area contributed by atoms with Gasteiger partial charge in [0.25, 0.3) is 5.91 Å². The summed E-state index contributed by atoms with van der Waals surface area (Å²) in [5.41, 5.74) is 2.56. The minimum atomic E-state index is -0.658. The van der Waals surface area contributed by atoms with Crippen LogP contribution in [0.1, 0.15) is 16.1 Å². The molecule has 0 bridgehead atoms. The van der Waals surface area contributed by atoms with Gasteiger partial charge in [-0.2, -0.15) is 5.10 Å². The Kier molecular flexibility index (Phi) is 5.43. The molecule has 9 nitrogen and oxygen atoms in total. The first-order valence-electron chi connectivity index (χ1n) is 10.5. The summed E-state index contributed by atoms with van der Waals surface area (Å²) >= 11 is 0. The van der Waals surface area contributed by atoms with Crippen LogP contribution in [-0.2, 0) is 9.53 Å². The van der Waals surface area contributed by atoms with Crippen LogP contribution in [0.5, 0.6) is 5.75 Å². The molecule has 0 saturated carbocycles. The second kappa shape index (κ2) is 8.70. The summed E-state index contributed by atoms with van der Waals surface area (Å²) in [6, 6.07) is 16.5. The molecule has 0 aliphatic rings. The zero-order valence-electron chi connectivity index (χ0n) is 18.4. The number of anilines is 1. The van der Waals surface area contributed by atoms with Gasteiger partial charge in [0.2, 0.25) is 0 Å². The van der Waals surface area contributed by atoms with E-state index in [9.17, 15) is 9.59 Å². The maximum Gasteiger partial charge on any atom is 0.342 e. The molecule has 5 aromatic rings. The van der Waals surface area contributed by atoms with Crippen molar-refractivity contribution in [3.63, 3.8) is 0 Å². The first kappa shape index (κ1) is 21.2. The number of hydrogen-bond acceptors (Lipinski definition) is 7. The quantitative estimate of drug-likeness (QED) is 0.380. The van der Waals surface area contributed by atoms with Crippen LogP contribution in [0.25, 0.3) is 27.8 Å². The predicted octanol–water partition coefficient (Wildman–Crippen LogP) is 4.28. The number of carbonyl (C=O) groups is 2. The molecule has 0 aliphatic heterocycles. The lowest BCUT2D eigenvalue weighted by Gasteiger charge is -2.11. The topological polar surface area (TPSA) is 108 Å². The highest BCUT2D eigenvalue weighted by Gasteiger charge is 2.19. The summed E-state index contributed by atoms with van der Waals surface area (Å²) in [7, 11) is 1.52. The van der Waals surface area contributed by atoms with E-state index in [1.54, 1.807) is 37.4 Å². The minimum absolute atomic E-state index is 0.250. The van der Waals surface area contributed by atoms with Crippen molar-refractivity contribution in [2.45, 2.75) is 6.92 Å². The fourth-order valence-corrected chi connectivity index (χ4v) is 3.73. The second-order valence-corrected chi connectivity index (χ2v) is 7.51. The molecule has 1 N–H and O–H groups in total. The third kappa shape index (κ3) is 3.83. The number of esters is 1. The number of ether oxygens (including phenoxy) is 2. The third-order valence-electron chi connectivity index (χ3n) is 5.40. The molecule has 170 valence electrons. The molecule has 0 radical (unpaired) electrons. The van der Waals surface area contributed by atoms with Gasteiger partial charge in [0.1, 0.15) is 22.5 Å². The largest absolute Gasteiger partial charge is 0.495 e. The Balaban J connectivity index is 1.30. The van der Waals surface area contributed by atoms with Gasteiger partial charge in [0.15, 0.2) is 12.4 Å². The lowest BCUT2D eigenvalue weighted by Crippen LogP contribution is -2.21. The Labute approximate surface area is 193 Å². The Hall–Kier alpha value is -4.66. The number of benzene rings is 2. The third-order valence-corrected chi connectivity index (χ3v) is 5.40. The lowest BCUT2D eigenvalue weighted by atomic mass is 10.1. The van der Waals surface area contributed by atoms with Crippen LogP contribution >= 0.6 is 0 Å². The van der Waals surface area contributed by atoms with Crippen molar-refractivity contribution < 1.29 is 23.5 Å². The summed E-state index contributed by atoms with van der Waals surface area (Å²) in [6.45, 7) is 1.25. The molecule has 9 heteroatoms. The second-order valence-electron chi connectivity index (χ2n) is 7.51. The molecule has 1 amide bonds. The lowest BCUT2D eigenvalue weighted by molar-refractivity contribution is -0.119. The predicted molar refractivity (Wildman–Crippen MR) is 125 cm³/mol. The zero-order chi connectivity index (χ0) is 23.7. The minimum Gasteiger partial charge on any atom is -0.495 e. The van der Waals surface area contributed by atoms with E-state index < -0.39 is 18.5 Å². The molecule has 0 unspecified atom stereocenters. The summed E-state index contributed by atoms with van der Waals surface area (Å²) in [4.78, 5) is 29.3. The normalized spacial score (nSPS) is 11.0. The number of hydrogen-bond donors (Lipinski definition) is 1. The maximum absolute atomic E-state index is 12.5. The van der Waals surface area contributed by atoms with Gasteiger partial charge >= 0.3 is 5.97 Å². The number of fused-ring (bicyclic) bond motifs is 3. The van der Waals surface area contributed by atoms with Gasteiger partial charge in [-0.1, -0.05) is 24.3 Å². The molecule has 34 heavy (non-hydrogen) atoms. The van der Waals surface area contributed by atoms with E-state index in [0.717, 1.165) is 16.4 Å². The van der Waals surface area contributed by atoms with Crippen molar-refractivity contribution in [3.05, 3.63) is 78.2 Å². The van der Waals surface area contributed by atoms with Gasteiger partial charge in [0, 0.05) is 23.0 Å². The van der Waals surface area contributed by atoms with E-state index in [1.807, 2.05) is 30.3 Å². The molecule has 0 aliphatic carbocycles. The van der Waals surface area contributed by atoms with Gasteiger partial charge < -0.3 is 19.2 Å². The smallest absolute Gasteiger partial charge is 0.342 e. The zero-order valence-corrected chi connectivity index (χ0v) is 18.4. The average molecular weight is 456 g/mol. The van der Waals surface area contributed by atoms with Crippen molar-refractivity contribution in [1.29, 1.82) is 0 Å². The van der Waals surface area contributed by atoms with Crippen molar-refractivity contribution in [2.24, 2.45) is 0 Å². The Morgan fingerprint density at radius 3 is 2.68 bits per heavy atom. The van der Waals surface area contributed by atoms with Gasteiger partial charge in [-0.05, 0) is 31.2 Å². The van der Waals surface area contributed by atoms with Crippen LogP contribution in [0.15, 0.2) is 71.4 Å². The summed E-state index contributed by atoms with van der Waals surface area (Å²) < 4.78 is 18.1. The number of pyridine rings is 1. The Bertz CT molecular complexity index is 1520. The van der Waals surface area contributed by atoms with E-state index >= 15 is 0 Å². The molecule has 0 spiro atoms. The van der Waals surface area contributed by atoms with Crippen LogP contribution in [0.2, 0.25) is 0 Å². The van der Waals surface area contributed by atoms with Crippen LogP contribution in [-0.4, -0.2) is 40.4 Å². The van der Waals surface area contributed by atoms with E-state index in [2.05, 4.69) is 15.4 Å². The number of amides is 1. The molecule has 0 atom stereocenters. The fourth-order valence-electron chi connectivity index (χ4n) is 3.73. The molecule has 2 aromatic carbocycles. The standard InChI is InChI=1S/C25H20N4O5/c1-15-18(13-27-29(15)23-9-5-6-10-26-23)25(31)33-14-24(30)28-19-12-21-17(11-22(19)32-2)16-7-3-4-8-20(16)34-21/h3-13H,14H2,1-2H3,(H,28,30). The SMILES string of the molecule is COc1cc2c(cc1NC(=O)COC(=O)c1cnn(-c3ccccn3)c1C)oc1ccccc12. The Morgan fingerprint density at radius 1 is 1.06 bits per heavy atom. The van der Waals surface area contributed by atoms with Crippen LogP contribution < -0.4 is 10.1 Å². The molecule has 3 aromatic heterocycles. The molecular weight excluding hydrogens is 436 g/mol. The summed E-state index contributed by atoms with van der Waals surface area (Å²) in [5, 5.41) is 8.74. The molecule has 3 heterocycles. The average Bonchev–Trinajstić information content (AvgIpc) is 3.42. The van der Waals surface area contributed by atoms with Crippen molar-refractivity contribution in [1.82, 2.24) is 14.8 Å². The monoisotopic (exact) mass is 456 g/mol. The van der Waals surface area contributed by atoms with Gasteiger partial charge in [0.05, 0.1) is 24.7 Å². The van der Waals surface area contributed by atoms with E-state index in [4.69, 9.17) is 13.9 Å². The first-order chi connectivity index (χ1) is 16.5. The summed E-state index contributed by atoms with van der Waals surface area (Å²) in [5.74, 6) is -0.137. The summed E-state index contributed by atoms with van der Waals surface area (Å²) in [6.07, 6.45) is 3.03. The fraction of sp³-hybridized carbons (Fsp3) is 0.120. The molecular formula is C25H20N4O5. The van der Waals surface area contributed by atoms with Crippen molar-refractivity contribution in [2.75, 3.05) is 19.0 Å². The number of nitrogens with one attached hydrogen (secondary N) is 1. The number of para-hydroxylation sites is 1. The van der Waals surface area contributed by atoms with Crippen molar-refractivity contribution in [3.8, 4) is 11.6 Å². The Morgan fingerprint density at radius 2 is 1.88 bits per heavy atom. The highest BCUT2D eigenvalue weighted by atomic mass is 16.5. The molecule has 0 fully saturated rings. The first-order valence-corrected chi connectivity index (χ1v) is 10.5. The van der Waals surface area contributed by atoms with E-state index in [-0.39, 0.29) is 5.56 Å². The van der Waals surface area contributed by atoms with Gasteiger partial charge in [-0.3, -0.25) is 4.79 Å². The molecule has 5 rings (SSSR count). The number of nitrogens with zero attached hydrogens (tertiary/aromatic N) is 3. The van der Waals surface area contributed by atoms with Crippen LogP contribution in [0.3, 0.4) is 0 Å². The van der Waals surface area contributed by atoms with E-state index in [0.29, 0.717) is 28.5 Å². The van der Waals surface area contributed by atoms with Crippen molar-refractivity contribution >= 4 is 39.5 Å². The number of carbonyl (C=O) groups excluding carboxylic acids is 2. The number of aromatic nitrogens is 3. The maximum atomic E-state index is 12.5. The van der Waals surface area contributed by atoms with Gasteiger partial charge in [-0.25, -0.2) is 14.5 Å². The number of methoxy groups -OCH3 is 1. The van der Waals surface area contributed by atoms with Crippen LogP contribution in [0.4, 0.5) is 5.69 Å². The molecule has 0 saturated heterocycles. The highest BCUT2D eigenvalue weighted by Crippen LogP contribution is 2.36. The highest BCUT2D eigenvalue weighted by molar-refractivity contribution is 6.08.